The van der Waals surface area contributed by atoms with Crippen molar-refractivity contribution in [3.63, 3.8) is 0 Å². The summed E-state index contributed by atoms with van der Waals surface area (Å²) in [7, 11) is -2.23. The number of fused-ring (bicyclic) bond motifs is 4. The summed E-state index contributed by atoms with van der Waals surface area (Å²) in [5.74, 6) is -0.358. The van der Waals surface area contributed by atoms with Crippen molar-refractivity contribution in [2.45, 2.75) is 127 Å². The van der Waals surface area contributed by atoms with Crippen LogP contribution in [-0.2, 0) is 9.16 Å². The fourth-order valence-corrected chi connectivity index (χ4v) is 9.42. The lowest BCUT2D eigenvalue weighted by atomic mass is 9.95. The lowest BCUT2D eigenvalue weighted by Gasteiger charge is -2.48. The second-order valence-corrected chi connectivity index (χ2v) is 22.3. The summed E-state index contributed by atoms with van der Waals surface area (Å²) < 4.78 is 49.7. The molecular formula is C33H48BrClF2N6O4Si. The van der Waals surface area contributed by atoms with Crippen molar-refractivity contribution in [2.24, 2.45) is 0 Å². The zero-order chi connectivity index (χ0) is 35.0. The lowest BCUT2D eigenvalue weighted by Crippen LogP contribution is -2.64. The maximum atomic E-state index is 15.8. The average Bonchev–Trinajstić information content (AvgIpc) is 3.61. The highest BCUT2D eigenvalue weighted by Gasteiger charge is 2.52. The number of nitrogens with zero attached hydrogens (tertiary/aromatic N) is 6. The first-order valence-corrected chi connectivity index (χ1v) is 21.0. The lowest BCUT2D eigenvalue weighted by molar-refractivity contribution is 0.00490. The van der Waals surface area contributed by atoms with E-state index >= 15 is 4.39 Å². The molecule has 0 N–H and O–H groups in total. The van der Waals surface area contributed by atoms with Gasteiger partial charge in [-0.2, -0.15) is 9.97 Å². The molecule has 2 aromatic heterocycles. The van der Waals surface area contributed by atoms with Gasteiger partial charge in [-0.25, -0.2) is 18.6 Å². The van der Waals surface area contributed by atoms with Gasteiger partial charge in [0.1, 0.15) is 34.3 Å². The number of anilines is 1. The summed E-state index contributed by atoms with van der Waals surface area (Å²) in [5, 5.41) is -0.0107. The molecule has 4 saturated heterocycles. The van der Waals surface area contributed by atoms with Crippen LogP contribution in [0.1, 0.15) is 73.6 Å². The van der Waals surface area contributed by atoms with Crippen LogP contribution in [0.2, 0.25) is 23.3 Å². The predicted octanol–water partition coefficient (Wildman–Crippen LogP) is 7.51. The quantitative estimate of drug-likeness (QED) is 0.209. The van der Waals surface area contributed by atoms with Crippen molar-refractivity contribution in [1.29, 1.82) is 0 Å². The van der Waals surface area contributed by atoms with Crippen LogP contribution in [0.5, 0.6) is 6.01 Å². The molecular weight excluding hydrogens is 726 g/mol. The van der Waals surface area contributed by atoms with Crippen molar-refractivity contribution in [2.75, 3.05) is 37.7 Å². The molecule has 2 aromatic rings. The number of alkyl halides is 1. The minimum Gasteiger partial charge on any atom is -0.461 e. The fraction of sp³-hybridized carbons (Fsp3) is 0.758. The third-order valence-electron chi connectivity index (χ3n) is 11.0. The molecule has 6 heterocycles. The van der Waals surface area contributed by atoms with E-state index in [2.05, 4.69) is 69.6 Å². The first-order chi connectivity index (χ1) is 22.3. The monoisotopic (exact) mass is 772 g/mol. The summed E-state index contributed by atoms with van der Waals surface area (Å²) in [6.07, 6.45) is 2.40. The number of hydrogen-bond acceptors (Lipinski definition) is 9. The first-order valence-electron chi connectivity index (χ1n) is 17.0. The highest BCUT2D eigenvalue weighted by molar-refractivity contribution is 9.10. The third-order valence-corrected chi connectivity index (χ3v) is 16.3. The number of amides is 1. The Balaban J connectivity index is 1.42. The molecule has 4 aliphatic rings. The number of carbonyl (C=O) groups is 1. The van der Waals surface area contributed by atoms with E-state index in [1.54, 1.807) is 0 Å². The van der Waals surface area contributed by atoms with Crippen LogP contribution in [0.25, 0.3) is 10.9 Å². The number of ether oxygens (including phenoxy) is 2. The molecule has 0 aromatic carbocycles. The molecule has 15 heteroatoms. The summed E-state index contributed by atoms with van der Waals surface area (Å²) in [5.41, 5.74) is -1.12. The van der Waals surface area contributed by atoms with E-state index < -0.39 is 31.4 Å². The molecule has 266 valence electrons. The van der Waals surface area contributed by atoms with Crippen LogP contribution in [-0.4, -0.2) is 107 Å². The van der Waals surface area contributed by atoms with Gasteiger partial charge in [0.05, 0.1) is 35.7 Å². The van der Waals surface area contributed by atoms with Crippen molar-refractivity contribution < 1.29 is 27.5 Å². The normalized spacial score (nSPS) is 28.0. The van der Waals surface area contributed by atoms with Crippen molar-refractivity contribution in [3.8, 4) is 6.01 Å². The second kappa shape index (κ2) is 12.7. The molecule has 6 rings (SSSR count). The number of carbonyl (C=O) groups excluding carboxylic acids is 1. The topological polar surface area (TPSA) is 93.1 Å². The molecule has 0 unspecified atom stereocenters. The van der Waals surface area contributed by atoms with Crippen LogP contribution < -0.4 is 9.64 Å². The second-order valence-electron chi connectivity index (χ2n) is 16.4. The molecule has 0 saturated carbocycles. The van der Waals surface area contributed by atoms with Crippen LogP contribution in [0.4, 0.5) is 19.4 Å². The third kappa shape index (κ3) is 6.65. The number of hydrogen-bond donors (Lipinski definition) is 0. The average molecular weight is 774 g/mol. The Morgan fingerprint density at radius 3 is 2.54 bits per heavy atom. The number of piperazine rings is 1. The highest BCUT2D eigenvalue weighted by Crippen LogP contribution is 2.44. The number of halogens is 4. The zero-order valence-corrected chi connectivity index (χ0v) is 32.6. The molecule has 4 aliphatic heterocycles. The molecule has 48 heavy (non-hydrogen) atoms. The van der Waals surface area contributed by atoms with Crippen LogP contribution >= 0.6 is 27.5 Å². The SMILES string of the molecule is CC(C)(C)OC(=O)N1[C@@H]2CC[C@H]1[C@@H](CO[Si](C)(C)C(C)(C)C)N(c1nc(OC[C@@]34CCCN3C[C@H](F)C4)nc3c(F)c(Cl)nc(Br)c13)C2. The van der Waals surface area contributed by atoms with Gasteiger partial charge in [-0.3, -0.25) is 9.80 Å². The van der Waals surface area contributed by atoms with Gasteiger partial charge in [-0.15, -0.1) is 0 Å². The number of rotatable bonds is 7. The minimum absolute atomic E-state index is 0.0138. The molecule has 5 atom stereocenters. The van der Waals surface area contributed by atoms with Crippen molar-refractivity contribution in [3.05, 3.63) is 15.6 Å². The molecule has 2 bridgehead atoms. The number of pyridine rings is 1. The van der Waals surface area contributed by atoms with Gasteiger partial charge in [0.2, 0.25) is 0 Å². The van der Waals surface area contributed by atoms with E-state index in [0.29, 0.717) is 41.9 Å². The summed E-state index contributed by atoms with van der Waals surface area (Å²) >= 11 is 9.76. The zero-order valence-electron chi connectivity index (χ0n) is 29.2. The first kappa shape index (κ1) is 35.9. The maximum absolute atomic E-state index is 15.8. The maximum Gasteiger partial charge on any atom is 0.410 e. The Labute approximate surface area is 296 Å². The van der Waals surface area contributed by atoms with Crippen molar-refractivity contribution >= 4 is 58.7 Å². The van der Waals surface area contributed by atoms with E-state index in [9.17, 15) is 9.18 Å². The Kier molecular flexibility index (Phi) is 9.52. The number of aromatic nitrogens is 3. The molecule has 0 aliphatic carbocycles. The molecule has 0 spiro atoms. The van der Waals surface area contributed by atoms with Crippen LogP contribution in [0.3, 0.4) is 0 Å². The van der Waals surface area contributed by atoms with Gasteiger partial charge in [-0.05, 0) is 87.1 Å². The van der Waals surface area contributed by atoms with E-state index in [4.69, 9.17) is 30.5 Å². The highest BCUT2D eigenvalue weighted by atomic mass is 79.9. The molecule has 4 fully saturated rings. The Morgan fingerprint density at radius 1 is 1.12 bits per heavy atom. The molecule has 0 radical (unpaired) electrons. The fourth-order valence-electron chi connectivity index (χ4n) is 7.58. The van der Waals surface area contributed by atoms with E-state index in [0.717, 1.165) is 32.2 Å². The van der Waals surface area contributed by atoms with E-state index in [-0.39, 0.29) is 52.5 Å². The summed E-state index contributed by atoms with van der Waals surface area (Å²) in [6.45, 7) is 18.7. The van der Waals surface area contributed by atoms with Gasteiger partial charge >= 0.3 is 12.1 Å². The minimum atomic E-state index is -2.23. The van der Waals surface area contributed by atoms with E-state index in [1.807, 2.05) is 25.7 Å². The van der Waals surface area contributed by atoms with Gasteiger partial charge in [0.15, 0.2) is 19.3 Å². The van der Waals surface area contributed by atoms with Crippen LogP contribution in [0.15, 0.2) is 4.60 Å². The van der Waals surface area contributed by atoms with Crippen molar-refractivity contribution in [1.82, 2.24) is 24.8 Å². The van der Waals surface area contributed by atoms with Gasteiger partial charge in [0, 0.05) is 19.5 Å². The Morgan fingerprint density at radius 2 is 1.85 bits per heavy atom. The van der Waals surface area contributed by atoms with Crippen LogP contribution in [0, 0.1) is 5.82 Å². The summed E-state index contributed by atoms with van der Waals surface area (Å²) in [4.78, 5) is 33.5. The molecule has 1 amide bonds. The van der Waals surface area contributed by atoms with Gasteiger partial charge in [-0.1, -0.05) is 32.4 Å². The Hall–Kier alpha value is -1.87. The largest absolute Gasteiger partial charge is 0.461 e. The smallest absolute Gasteiger partial charge is 0.410 e. The van der Waals surface area contributed by atoms with Gasteiger partial charge in [0.25, 0.3) is 0 Å². The molecule has 10 nitrogen and oxygen atoms in total. The summed E-state index contributed by atoms with van der Waals surface area (Å²) in [6, 6.07) is -0.765. The van der Waals surface area contributed by atoms with E-state index in [1.165, 1.54) is 0 Å². The van der Waals surface area contributed by atoms with Gasteiger partial charge < -0.3 is 18.8 Å². The predicted molar refractivity (Wildman–Crippen MR) is 188 cm³/mol. The Bertz CT molecular complexity index is 1580. The standard InChI is InChI=1S/C33H48BrClF2N6O4Si/c1-31(2,3)47-30(44)43-20-10-11-21(43)22(17-46-48(7,8)32(4,5)6)42(16-20)28-23-25(24(37)27(35)39-26(23)34)38-29(40-28)45-18-33-12-9-13-41(33)15-19(36)14-33/h19-22H,9-18H2,1-8H3/t19-,20-,21+,22-,33+/m1/s1.